The van der Waals surface area contributed by atoms with Crippen LogP contribution in [0.4, 0.5) is 0 Å². The van der Waals surface area contributed by atoms with E-state index in [9.17, 15) is 0 Å². The number of aromatic nitrogens is 1. The Hall–Kier alpha value is -0.450. The summed E-state index contributed by atoms with van der Waals surface area (Å²) in [5.74, 6) is 0.675. The molecule has 2 N–H and O–H groups in total. The van der Waals surface area contributed by atoms with Gasteiger partial charge >= 0.3 is 0 Å². The van der Waals surface area contributed by atoms with Crippen molar-refractivity contribution in [1.82, 2.24) is 9.88 Å². The van der Waals surface area contributed by atoms with Gasteiger partial charge in [-0.25, -0.2) is 4.98 Å². The van der Waals surface area contributed by atoms with Gasteiger partial charge < -0.3 is 5.73 Å². The number of nitrogens with zero attached hydrogens (tertiary/aromatic N) is 2. The Morgan fingerprint density at radius 2 is 2.06 bits per heavy atom. The van der Waals surface area contributed by atoms with Gasteiger partial charge in [-0.15, -0.1) is 11.3 Å². The summed E-state index contributed by atoms with van der Waals surface area (Å²) >= 11 is 1.80. The molecule has 0 saturated heterocycles. The monoisotopic (exact) mass is 241 g/mol. The molecule has 0 bridgehead atoms. The first-order chi connectivity index (χ1) is 7.52. The molecule has 1 rings (SSSR count). The first-order valence-electron chi connectivity index (χ1n) is 5.88. The predicted octanol–water partition coefficient (Wildman–Crippen LogP) is 2.18. The second kappa shape index (κ2) is 6.33. The lowest BCUT2D eigenvalue weighted by Crippen LogP contribution is -2.32. The first kappa shape index (κ1) is 13.6. The molecule has 0 spiro atoms. The zero-order valence-corrected chi connectivity index (χ0v) is 11.6. The average Bonchev–Trinajstić information content (AvgIpc) is 2.45. The Morgan fingerprint density at radius 1 is 1.38 bits per heavy atom. The zero-order chi connectivity index (χ0) is 12.1. The molecule has 0 amide bonds. The lowest BCUT2D eigenvalue weighted by molar-refractivity contribution is 0.242. The van der Waals surface area contributed by atoms with Crippen molar-refractivity contribution >= 4 is 11.3 Å². The van der Waals surface area contributed by atoms with Crippen LogP contribution in [0.5, 0.6) is 0 Å². The topological polar surface area (TPSA) is 42.2 Å². The van der Waals surface area contributed by atoms with E-state index in [4.69, 9.17) is 5.73 Å². The van der Waals surface area contributed by atoms with Crippen molar-refractivity contribution in [2.45, 2.75) is 34.2 Å². The number of hydrogen-bond donors (Lipinski definition) is 1. The minimum Gasteiger partial charge on any atom is -0.329 e. The van der Waals surface area contributed by atoms with E-state index in [0.717, 1.165) is 31.9 Å². The largest absolute Gasteiger partial charge is 0.329 e. The molecule has 0 fully saturated rings. The summed E-state index contributed by atoms with van der Waals surface area (Å²) in [6.45, 7) is 12.4. The highest BCUT2D eigenvalue weighted by atomic mass is 32.1. The van der Waals surface area contributed by atoms with Gasteiger partial charge in [0.1, 0.15) is 5.01 Å². The number of thiazole rings is 1. The van der Waals surface area contributed by atoms with Crippen LogP contribution < -0.4 is 5.73 Å². The van der Waals surface area contributed by atoms with Crippen LogP contribution in [0, 0.1) is 19.8 Å². The molecule has 0 aliphatic carbocycles. The average molecular weight is 241 g/mol. The maximum Gasteiger partial charge on any atom is 0.107 e. The lowest BCUT2D eigenvalue weighted by atomic mass is 10.2. The molecule has 1 heterocycles. The molecular formula is C12H23N3S. The molecule has 0 radical (unpaired) electrons. The molecule has 4 heteroatoms. The smallest absolute Gasteiger partial charge is 0.107 e. The van der Waals surface area contributed by atoms with E-state index in [0.29, 0.717) is 5.92 Å². The minimum atomic E-state index is 0.675. The predicted molar refractivity (Wildman–Crippen MR) is 70.8 cm³/mol. The van der Waals surface area contributed by atoms with E-state index < -0.39 is 0 Å². The second-order valence-electron chi connectivity index (χ2n) is 4.67. The Balaban J connectivity index is 2.59. The van der Waals surface area contributed by atoms with E-state index in [1.54, 1.807) is 11.3 Å². The van der Waals surface area contributed by atoms with Gasteiger partial charge in [-0.2, -0.15) is 0 Å². The fraction of sp³-hybridized carbons (Fsp3) is 0.750. The number of hydrogen-bond acceptors (Lipinski definition) is 4. The minimum absolute atomic E-state index is 0.675. The highest BCUT2D eigenvalue weighted by Crippen LogP contribution is 2.18. The van der Waals surface area contributed by atoms with E-state index in [2.05, 4.69) is 37.6 Å². The molecule has 0 aliphatic heterocycles. The number of nitrogens with two attached hydrogens (primary N) is 1. The van der Waals surface area contributed by atoms with Gasteiger partial charge in [-0.1, -0.05) is 13.8 Å². The maximum atomic E-state index is 5.64. The van der Waals surface area contributed by atoms with Gasteiger partial charge in [0.05, 0.1) is 12.2 Å². The fourth-order valence-electron chi connectivity index (χ4n) is 1.73. The highest BCUT2D eigenvalue weighted by Gasteiger charge is 2.10. The van der Waals surface area contributed by atoms with Crippen LogP contribution in [0.1, 0.15) is 29.4 Å². The molecule has 92 valence electrons. The van der Waals surface area contributed by atoms with Crippen molar-refractivity contribution in [3.05, 3.63) is 15.6 Å². The maximum absolute atomic E-state index is 5.64. The lowest BCUT2D eigenvalue weighted by Gasteiger charge is -2.22. The summed E-state index contributed by atoms with van der Waals surface area (Å²) in [7, 11) is 0. The van der Waals surface area contributed by atoms with Crippen LogP contribution in [-0.2, 0) is 6.54 Å². The third kappa shape index (κ3) is 4.20. The molecule has 0 aliphatic rings. The molecule has 1 aromatic heterocycles. The molecule has 0 atom stereocenters. The van der Waals surface area contributed by atoms with Crippen LogP contribution in [0.2, 0.25) is 0 Å². The number of rotatable bonds is 6. The van der Waals surface area contributed by atoms with Crippen LogP contribution in [0.15, 0.2) is 0 Å². The quantitative estimate of drug-likeness (QED) is 0.830. The fourth-order valence-corrected chi connectivity index (χ4v) is 2.71. The Bertz CT molecular complexity index is 301. The zero-order valence-electron chi connectivity index (χ0n) is 10.8. The van der Waals surface area contributed by atoms with Crippen LogP contribution in [0.3, 0.4) is 0 Å². The highest BCUT2D eigenvalue weighted by molar-refractivity contribution is 7.11. The van der Waals surface area contributed by atoms with Crippen molar-refractivity contribution in [1.29, 1.82) is 0 Å². The summed E-state index contributed by atoms with van der Waals surface area (Å²) in [4.78, 5) is 8.29. The molecule has 0 aromatic carbocycles. The van der Waals surface area contributed by atoms with Crippen molar-refractivity contribution in [3.63, 3.8) is 0 Å². The SMILES string of the molecule is Cc1nc(CN(CCN)CC(C)C)sc1C. The van der Waals surface area contributed by atoms with Gasteiger partial charge in [0.2, 0.25) is 0 Å². The normalized spacial score (nSPS) is 11.7. The van der Waals surface area contributed by atoms with E-state index in [1.165, 1.54) is 9.88 Å². The molecular weight excluding hydrogens is 218 g/mol. The van der Waals surface area contributed by atoms with Gasteiger partial charge in [-0.3, -0.25) is 4.90 Å². The van der Waals surface area contributed by atoms with Gasteiger partial charge in [0, 0.05) is 24.5 Å². The van der Waals surface area contributed by atoms with Gasteiger partial charge in [0.15, 0.2) is 0 Å². The molecule has 3 nitrogen and oxygen atoms in total. The van der Waals surface area contributed by atoms with E-state index >= 15 is 0 Å². The third-order valence-corrected chi connectivity index (χ3v) is 3.56. The van der Waals surface area contributed by atoms with Crippen LogP contribution in [-0.4, -0.2) is 29.5 Å². The first-order valence-corrected chi connectivity index (χ1v) is 6.70. The summed E-state index contributed by atoms with van der Waals surface area (Å²) in [6.07, 6.45) is 0. The van der Waals surface area contributed by atoms with E-state index in [-0.39, 0.29) is 0 Å². The molecule has 16 heavy (non-hydrogen) atoms. The number of aryl methyl sites for hydroxylation is 2. The Morgan fingerprint density at radius 3 is 2.50 bits per heavy atom. The third-order valence-electron chi connectivity index (χ3n) is 2.50. The summed E-state index contributed by atoms with van der Waals surface area (Å²) in [5, 5.41) is 1.21. The Labute approximate surface area is 103 Å². The summed E-state index contributed by atoms with van der Waals surface area (Å²) < 4.78 is 0. The van der Waals surface area contributed by atoms with Crippen molar-refractivity contribution in [2.75, 3.05) is 19.6 Å². The van der Waals surface area contributed by atoms with Gasteiger partial charge in [0.25, 0.3) is 0 Å². The van der Waals surface area contributed by atoms with Crippen LogP contribution in [0.25, 0.3) is 0 Å². The van der Waals surface area contributed by atoms with Crippen molar-refractivity contribution in [2.24, 2.45) is 11.7 Å². The Kier molecular flexibility index (Phi) is 5.38. The molecule has 0 unspecified atom stereocenters. The summed E-state index contributed by atoms with van der Waals surface area (Å²) in [6, 6.07) is 0. The molecule has 0 saturated carbocycles. The van der Waals surface area contributed by atoms with Crippen molar-refractivity contribution in [3.8, 4) is 0 Å². The second-order valence-corrected chi connectivity index (χ2v) is 5.95. The van der Waals surface area contributed by atoms with Crippen molar-refractivity contribution < 1.29 is 0 Å². The van der Waals surface area contributed by atoms with Crippen LogP contribution >= 0.6 is 11.3 Å². The van der Waals surface area contributed by atoms with Gasteiger partial charge in [-0.05, 0) is 19.8 Å². The van der Waals surface area contributed by atoms with E-state index in [1.807, 2.05) is 0 Å². The summed E-state index contributed by atoms with van der Waals surface area (Å²) in [5.41, 5.74) is 6.80. The standard InChI is InChI=1S/C12H23N3S/c1-9(2)7-15(6-5-13)8-12-14-10(3)11(4)16-12/h9H,5-8,13H2,1-4H3. The molecule has 1 aromatic rings.